The summed E-state index contributed by atoms with van der Waals surface area (Å²) in [4.78, 5) is 0. The highest BCUT2D eigenvalue weighted by Gasteiger charge is 2.24. The maximum atomic E-state index is 14.9. The Morgan fingerprint density at radius 2 is 2.04 bits per heavy atom. The molecule has 0 spiro atoms. The maximum Gasteiger partial charge on any atom is 0.177 e. The quantitative estimate of drug-likeness (QED) is 0.606. The van der Waals surface area contributed by atoms with E-state index in [-0.39, 0.29) is 16.9 Å². The van der Waals surface area contributed by atoms with Gasteiger partial charge in [0.2, 0.25) is 0 Å². The Labute approximate surface area is 146 Å². The van der Waals surface area contributed by atoms with Crippen molar-refractivity contribution in [3.05, 3.63) is 41.5 Å². The molecule has 1 aromatic heterocycles. The number of nitrogens with zero attached hydrogens (tertiary/aromatic N) is 2. The van der Waals surface area contributed by atoms with Crippen molar-refractivity contribution in [2.75, 3.05) is 10.0 Å². The normalized spacial score (nSPS) is 14.1. The molecule has 124 valence electrons. The van der Waals surface area contributed by atoms with E-state index in [1.807, 2.05) is 0 Å². The van der Waals surface area contributed by atoms with Crippen molar-refractivity contribution in [3.8, 4) is 0 Å². The molecule has 0 unspecified atom stereocenters. The third-order valence-corrected chi connectivity index (χ3v) is 5.54. The van der Waals surface area contributed by atoms with Gasteiger partial charge in [-0.25, -0.2) is 8.78 Å². The molecule has 1 aliphatic rings. The number of hydrogen-bond acceptors (Lipinski definition) is 6. The summed E-state index contributed by atoms with van der Waals surface area (Å²) in [6.45, 7) is 1.81. The fourth-order valence-electron chi connectivity index (χ4n) is 2.28. The van der Waals surface area contributed by atoms with Crippen molar-refractivity contribution in [1.29, 1.82) is 0 Å². The van der Waals surface area contributed by atoms with Crippen molar-refractivity contribution in [2.24, 2.45) is 0 Å². The smallest absolute Gasteiger partial charge is 0.177 e. The highest BCUT2D eigenvalue weighted by Crippen LogP contribution is 2.40. The van der Waals surface area contributed by atoms with Crippen LogP contribution in [0.4, 0.5) is 25.8 Å². The molecule has 1 heterocycles. The topological polar surface area (TPSA) is 49.8 Å². The van der Waals surface area contributed by atoms with Crippen LogP contribution in [-0.4, -0.2) is 14.8 Å². The van der Waals surface area contributed by atoms with Gasteiger partial charge in [-0.05, 0) is 67.0 Å². The fourth-order valence-corrected chi connectivity index (χ4v) is 3.70. The lowest BCUT2D eigenvalue weighted by Crippen LogP contribution is -2.02. The number of hydrogen-bond donors (Lipinski definition) is 2. The molecule has 0 atom stereocenters. The van der Waals surface area contributed by atoms with Gasteiger partial charge in [0.1, 0.15) is 17.0 Å². The number of aromatic nitrogens is 2. The monoisotopic (exact) mass is 364 g/mol. The lowest BCUT2D eigenvalue weighted by Gasteiger charge is -2.15. The first-order chi connectivity index (χ1) is 11.6. The molecule has 4 rings (SSSR count). The van der Waals surface area contributed by atoms with Gasteiger partial charge in [-0.3, -0.25) is 0 Å². The van der Waals surface area contributed by atoms with Crippen molar-refractivity contribution in [2.45, 2.75) is 25.0 Å². The zero-order chi connectivity index (χ0) is 16.7. The molecule has 2 N–H and O–H groups in total. The Bertz CT molecular complexity index is 908. The van der Waals surface area contributed by atoms with E-state index in [9.17, 15) is 8.78 Å². The molecule has 4 nitrogen and oxygen atoms in total. The number of anilines is 3. The predicted octanol–water partition coefficient (Wildman–Crippen LogP) is 5.24. The van der Waals surface area contributed by atoms with Crippen molar-refractivity contribution < 1.29 is 8.78 Å². The molecule has 0 radical (unpaired) electrons. The Morgan fingerprint density at radius 3 is 2.79 bits per heavy atom. The first-order valence-electron chi connectivity index (χ1n) is 7.51. The van der Waals surface area contributed by atoms with Gasteiger partial charge in [0, 0.05) is 5.25 Å². The van der Waals surface area contributed by atoms with Crippen LogP contribution in [0.15, 0.2) is 24.3 Å². The summed E-state index contributed by atoms with van der Waals surface area (Å²) in [7, 11) is 0. The molecule has 0 bridgehead atoms. The first kappa shape index (κ1) is 15.6. The fraction of sp³-hybridized carbons (Fsp3) is 0.250. The lowest BCUT2D eigenvalue weighted by molar-refractivity contribution is 0.628. The third-order valence-electron chi connectivity index (χ3n) is 3.73. The van der Waals surface area contributed by atoms with E-state index in [4.69, 9.17) is 0 Å². The molecule has 1 aliphatic carbocycles. The van der Waals surface area contributed by atoms with Crippen LogP contribution in [0.3, 0.4) is 0 Å². The van der Waals surface area contributed by atoms with E-state index in [1.165, 1.54) is 6.07 Å². The van der Waals surface area contributed by atoms with Crippen molar-refractivity contribution in [3.63, 3.8) is 0 Å². The number of nitrogens with one attached hydrogen (secondary N) is 2. The van der Waals surface area contributed by atoms with Crippen molar-refractivity contribution >= 4 is 50.8 Å². The Kier molecular flexibility index (Phi) is 4.01. The molecule has 24 heavy (non-hydrogen) atoms. The molecule has 0 amide bonds. The number of benzene rings is 2. The molecule has 0 saturated heterocycles. The summed E-state index contributed by atoms with van der Waals surface area (Å²) in [6.07, 6.45) is 2.31. The Hall–Kier alpha value is -1.93. The largest absolute Gasteiger partial charge is 0.349 e. The summed E-state index contributed by atoms with van der Waals surface area (Å²) < 4.78 is 36.7. The second kappa shape index (κ2) is 6.18. The molecular formula is C16H14F2N4S2. The maximum absolute atomic E-state index is 14.9. The first-order valence-corrected chi connectivity index (χ1v) is 9.16. The number of fused-ring (bicyclic) bond motifs is 1. The summed E-state index contributed by atoms with van der Waals surface area (Å²) in [5.41, 5.74) is 1.98. The van der Waals surface area contributed by atoms with Crippen LogP contribution in [0.2, 0.25) is 0 Å². The SMILES string of the molecule is Cc1ccc(Nc2c(NSC3CC3)cc3snnc3c2F)c(F)c1. The molecule has 8 heteroatoms. The zero-order valence-electron chi connectivity index (χ0n) is 12.8. The Morgan fingerprint density at radius 1 is 1.21 bits per heavy atom. The van der Waals surface area contributed by atoms with Gasteiger partial charge in [0.15, 0.2) is 5.82 Å². The van der Waals surface area contributed by atoms with E-state index < -0.39 is 11.6 Å². The third kappa shape index (κ3) is 3.03. The van der Waals surface area contributed by atoms with Crippen molar-refractivity contribution in [1.82, 2.24) is 9.59 Å². The van der Waals surface area contributed by atoms with Crippen LogP contribution in [0.25, 0.3) is 10.2 Å². The molecule has 3 aromatic rings. The molecule has 0 aliphatic heterocycles. The second-order valence-electron chi connectivity index (χ2n) is 5.76. The minimum Gasteiger partial charge on any atom is -0.349 e. The highest BCUT2D eigenvalue weighted by molar-refractivity contribution is 8.01. The van der Waals surface area contributed by atoms with E-state index in [1.54, 1.807) is 37.1 Å². The van der Waals surface area contributed by atoms with Crippen LogP contribution < -0.4 is 10.0 Å². The van der Waals surface area contributed by atoms with E-state index in [2.05, 4.69) is 19.6 Å². The molecule has 2 aromatic carbocycles. The average Bonchev–Trinajstić information content (AvgIpc) is 3.26. The van der Waals surface area contributed by atoms with E-state index in [0.717, 1.165) is 29.9 Å². The van der Waals surface area contributed by atoms with Gasteiger partial charge < -0.3 is 10.0 Å². The van der Waals surface area contributed by atoms with Gasteiger partial charge in [-0.1, -0.05) is 10.6 Å². The molecule has 1 saturated carbocycles. The number of rotatable bonds is 5. The minimum absolute atomic E-state index is 0.186. The summed E-state index contributed by atoms with van der Waals surface area (Å²) in [5, 5.41) is 7.25. The summed E-state index contributed by atoms with van der Waals surface area (Å²) in [5.74, 6) is -0.952. The van der Waals surface area contributed by atoms with Gasteiger partial charge >= 0.3 is 0 Å². The van der Waals surface area contributed by atoms with E-state index in [0.29, 0.717) is 15.6 Å². The second-order valence-corrected chi connectivity index (χ2v) is 7.65. The van der Waals surface area contributed by atoms with Gasteiger partial charge in [-0.2, -0.15) is 0 Å². The van der Waals surface area contributed by atoms with Crippen LogP contribution >= 0.6 is 23.5 Å². The van der Waals surface area contributed by atoms with Crippen LogP contribution in [0.1, 0.15) is 18.4 Å². The molecular weight excluding hydrogens is 350 g/mol. The standard InChI is InChI=1S/C16H14F2N4S2/c1-8-2-5-11(10(17)6-8)19-15-12(21-23-9-3-4-9)7-13-16(14(15)18)20-22-24-13/h2,5-7,9,19,21H,3-4H2,1H3. The zero-order valence-corrected chi connectivity index (χ0v) is 14.4. The van der Waals surface area contributed by atoms with Gasteiger partial charge in [0.05, 0.1) is 16.1 Å². The number of aryl methyl sites for hydroxylation is 1. The van der Waals surface area contributed by atoms with Crippen LogP contribution in [0.5, 0.6) is 0 Å². The van der Waals surface area contributed by atoms with Crippen LogP contribution in [0, 0.1) is 18.6 Å². The van der Waals surface area contributed by atoms with Gasteiger partial charge in [-0.15, -0.1) is 5.10 Å². The minimum atomic E-state index is -0.528. The molecule has 1 fully saturated rings. The average molecular weight is 364 g/mol. The lowest BCUT2D eigenvalue weighted by atomic mass is 10.2. The highest BCUT2D eigenvalue weighted by atomic mass is 32.2. The number of halogens is 2. The summed E-state index contributed by atoms with van der Waals surface area (Å²) in [6, 6.07) is 6.59. The Balaban J connectivity index is 1.75. The van der Waals surface area contributed by atoms with Gasteiger partial charge in [0.25, 0.3) is 0 Å². The summed E-state index contributed by atoms with van der Waals surface area (Å²) >= 11 is 2.69. The van der Waals surface area contributed by atoms with E-state index >= 15 is 0 Å². The predicted molar refractivity (Wildman–Crippen MR) is 96.0 cm³/mol. The van der Waals surface area contributed by atoms with Crippen LogP contribution in [-0.2, 0) is 0 Å².